The smallest absolute Gasteiger partial charge is 0.312 e. The molecule has 0 spiro atoms. The molecule has 1 aliphatic heterocycles. The van der Waals surface area contributed by atoms with E-state index < -0.39 is 5.91 Å². The Balaban J connectivity index is 1.39. The van der Waals surface area contributed by atoms with Gasteiger partial charge in [0.05, 0.1) is 12.7 Å². The van der Waals surface area contributed by atoms with Crippen LogP contribution in [0.25, 0.3) is 0 Å². The highest BCUT2D eigenvalue weighted by Crippen LogP contribution is 2.30. The van der Waals surface area contributed by atoms with E-state index in [1.54, 1.807) is 33.2 Å². The molecule has 9 heteroatoms. The van der Waals surface area contributed by atoms with E-state index in [0.29, 0.717) is 12.4 Å². The monoisotopic (exact) mass is 359 g/mol. The maximum absolute atomic E-state index is 12.3. The summed E-state index contributed by atoms with van der Waals surface area (Å²) in [6.07, 6.45) is 3.46. The van der Waals surface area contributed by atoms with Crippen LogP contribution < -0.4 is 5.32 Å². The van der Waals surface area contributed by atoms with Gasteiger partial charge in [-0.15, -0.1) is 11.3 Å². The number of urea groups is 1. The van der Waals surface area contributed by atoms with Crippen LogP contribution in [0.15, 0.2) is 29.8 Å². The van der Waals surface area contributed by atoms with Gasteiger partial charge in [-0.3, -0.25) is 14.5 Å². The van der Waals surface area contributed by atoms with Crippen LogP contribution >= 0.6 is 11.3 Å². The van der Waals surface area contributed by atoms with Crippen molar-refractivity contribution in [2.45, 2.75) is 25.4 Å². The van der Waals surface area contributed by atoms with Crippen LogP contribution in [0.4, 0.5) is 10.6 Å². The molecule has 0 bridgehead atoms. The zero-order valence-corrected chi connectivity index (χ0v) is 14.2. The predicted octanol–water partition coefficient (Wildman–Crippen LogP) is 1.36. The highest BCUT2D eigenvalue weighted by atomic mass is 32.1. The fourth-order valence-corrected chi connectivity index (χ4v) is 3.51. The van der Waals surface area contributed by atoms with Gasteiger partial charge in [0.1, 0.15) is 18.9 Å². The second kappa shape index (κ2) is 6.32. The Morgan fingerprint density at radius 1 is 1.32 bits per heavy atom. The number of nitrogens with zero attached hydrogens (tertiary/aromatic N) is 4. The van der Waals surface area contributed by atoms with Crippen LogP contribution in [0.2, 0.25) is 0 Å². The highest BCUT2D eigenvalue weighted by Gasteiger charge is 2.44. The second-order valence-corrected chi connectivity index (χ2v) is 7.16. The Morgan fingerprint density at radius 3 is 2.88 bits per heavy atom. The van der Waals surface area contributed by atoms with Crippen LogP contribution in [-0.4, -0.2) is 56.6 Å². The van der Waals surface area contributed by atoms with Crippen LogP contribution in [0, 0.1) is 0 Å². The molecular weight excluding hydrogens is 342 g/mol. The van der Waals surface area contributed by atoms with Crippen molar-refractivity contribution in [1.82, 2.24) is 19.6 Å². The van der Waals surface area contributed by atoms with Gasteiger partial charge in [-0.2, -0.15) is 5.10 Å². The lowest BCUT2D eigenvalue weighted by Crippen LogP contribution is -2.39. The minimum Gasteiger partial charge on any atom is -0.312 e. The lowest BCUT2D eigenvalue weighted by molar-refractivity contribution is -0.129. The first-order chi connectivity index (χ1) is 12.1. The molecule has 1 N–H and O–H groups in total. The molecule has 0 aromatic carbocycles. The van der Waals surface area contributed by atoms with Crippen LogP contribution in [-0.2, 0) is 16.1 Å². The van der Waals surface area contributed by atoms with Crippen molar-refractivity contribution in [2.24, 2.45) is 0 Å². The summed E-state index contributed by atoms with van der Waals surface area (Å²) in [4.78, 5) is 40.2. The van der Waals surface area contributed by atoms with Crippen molar-refractivity contribution in [3.63, 3.8) is 0 Å². The predicted molar refractivity (Wildman–Crippen MR) is 91.1 cm³/mol. The first kappa shape index (κ1) is 15.8. The number of imide groups is 1. The number of carbonyl (C=O) groups excluding carboxylic acids is 3. The Kier molecular flexibility index (Phi) is 4.00. The summed E-state index contributed by atoms with van der Waals surface area (Å²) in [7, 11) is 0. The summed E-state index contributed by atoms with van der Waals surface area (Å²) < 4.78 is 1.67. The van der Waals surface area contributed by atoms with E-state index in [9.17, 15) is 14.4 Å². The summed E-state index contributed by atoms with van der Waals surface area (Å²) in [5.74, 6) is -0.192. The zero-order chi connectivity index (χ0) is 17.4. The van der Waals surface area contributed by atoms with Crippen molar-refractivity contribution < 1.29 is 14.4 Å². The molecule has 3 heterocycles. The summed E-state index contributed by atoms with van der Waals surface area (Å²) in [6, 6.07) is 5.44. The van der Waals surface area contributed by atoms with Crippen molar-refractivity contribution in [3.05, 3.63) is 34.7 Å². The number of amides is 4. The zero-order valence-electron chi connectivity index (χ0n) is 13.4. The van der Waals surface area contributed by atoms with Crippen molar-refractivity contribution in [3.8, 4) is 0 Å². The van der Waals surface area contributed by atoms with E-state index >= 15 is 0 Å². The Hall–Kier alpha value is -2.68. The maximum Gasteiger partial charge on any atom is 0.327 e. The number of hydrogen-bond acceptors (Lipinski definition) is 5. The largest absolute Gasteiger partial charge is 0.327 e. The lowest BCUT2D eigenvalue weighted by atomic mass is 10.4. The Bertz CT molecular complexity index is 812. The average molecular weight is 359 g/mol. The summed E-state index contributed by atoms with van der Waals surface area (Å²) >= 11 is 1.61. The number of thiophene rings is 1. The minimum absolute atomic E-state index is 0.0765. The summed E-state index contributed by atoms with van der Waals surface area (Å²) in [6.45, 7) is 0.357. The van der Waals surface area contributed by atoms with Gasteiger partial charge in [-0.05, 0) is 24.3 Å². The molecule has 2 aromatic rings. The van der Waals surface area contributed by atoms with Crippen LogP contribution in [0.3, 0.4) is 0 Å². The number of hydrogen-bond donors (Lipinski definition) is 1. The third kappa shape index (κ3) is 3.27. The molecule has 8 nitrogen and oxygen atoms in total. The number of aromatic nitrogens is 2. The molecule has 2 fully saturated rings. The molecular formula is C16H17N5O3S. The van der Waals surface area contributed by atoms with Gasteiger partial charge in [-0.25, -0.2) is 9.48 Å². The standard InChI is InChI=1S/C16H17N5O3S/c22-14(9-20-15(23)10-19(16(20)24)11-3-4-11)18-13-5-6-17-21(13)8-12-2-1-7-25-12/h1-2,5-7,11H,3-4,8-10H2,(H,18,22). The van der Waals surface area contributed by atoms with Gasteiger partial charge in [0.15, 0.2) is 0 Å². The molecule has 1 saturated heterocycles. The molecule has 25 heavy (non-hydrogen) atoms. The molecule has 4 amide bonds. The number of rotatable bonds is 6. The SMILES string of the molecule is O=C(CN1C(=O)CN(C2CC2)C1=O)Nc1ccnn1Cc1cccs1. The Morgan fingerprint density at radius 2 is 2.16 bits per heavy atom. The average Bonchev–Trinajstić information content (AvgIpc) is 3.00. The highest BCUT2D eigenvalue weighted by molar-refractivity contribution is 7.09. The first-order valence-electron chi connectivity index (χ1n) is 8.07. The third-order valence-electron chi connectivity index (χ3n) is 4.24. The normalized spacial score (nSPS) is 17.4. The minimum atomic E-state index is -0.410. The van der Waals surface area contributed by atoms with Crippen LogP contribution in [0.5, 0.6) is 0 Å². The maximum atomic E-state index is 12.3. The van der Waals surface area contributed by atoms with E-state index in [1.807, 2.05) is 17.5 Å². The second-order valence-electron chi connectivity index (χ2n) is 6.12. The van der Waals surface area contributed by atoms with E-state index in [0.717, 1.165) is 22.6 Å². The molecule has 0 atom stereocenters. The molecule has 1 saturated carbocycles. The summed E-state index contributed by atoms with van der Waals surface area (Å²) in [5.41, 5.74) is 0. The molecule has 2 aromatic heterocycles. The molecule has 1 aliphatic carbocycles. The lowest BCUT2D eigenvalue weighted by Gasteiger charge is -2.16. The number of carbonyl (C=O) groups is 3. The van der Waals surface area contributed by atoms with Gasteiger partial charge in [0.2, 0.25) is 5.91 Å². The molecule has 2 aliphatic rings. The summed E-state index contributed by atoms with van der Waals surface area (Å²) in [5, 5.41) is 8.91. The number of nitrogens with one attached hydrogen (secondary N) is 1. The van der Waals surface area contributed by atoms with Crippen LogP contribution in [0.1, 0.15) is 17.7 Å². The quantitative estimate of drug-likeness (QED) is 0.789. The fraction of sp³-hybridized carbons (Fsp3) is 0.375. The Labute approximate surface area is 148 Å². The van der Waals surface area contributed by atoms with E-state index in [2.05, 4.69) is 10.4 Å². The number of anilines is 1. The third-order valence-corrected chi connectivity index (χ3v) is 5.10. The van der Waals surface area contributed by atoms with Crippen molar-refractivity contribution >= 4 is 35.0 Å². The molecule has 4 rings (SSSR count). The van der Waals surface area contributed by atoms with Crippen molar-refractivity contribution in [2.75, 3.05) is 18.4 Å². The van der Waals surface area contributed by atoms with Crippen molar-refractivity contribution in [1.29, 1.82) is 0 Å². The molecule has 0 unspecified atom stereocenters. The van der Waals surface area contributed by atoms with E-state index in [-0.39, 0.29) is 31.1 Å². The van der Waals surface area contributed by atoms with E-state index in [4.69, 9.17) is 0 Å². The van der Waals surface area contributed by atoms with Gasteiger partial charge in [0, 0.05) is 17.0 Å². The van der Waals surface area contributed by atoms with Gasteiger partial charge in [0.25, 0.3) is 5.91 Å². The van der Waals surface area contributed by atoms with Gasteiger partial charge < -0.3 is 10.2 Å². The molecule has 130 valence electrons. The van der Waals surface area contributed by atoms with Gasteiger partial charge in [-0.1, -0.05) is 6.07 Å². The fourth-order valence-electron chi connectivity index (χ4n) is 2.83. The van der Waals surface area contributed by atoms with E-state index in [1.165, 1.54) is 0 Å². The topological polar surface area (TPSA) is 87.5 Å². The molecule has 0 radical (unpaired) electrons. The van der Waals surface area contributed by atoms with Gasteiger partial charge >= 0.3 is 6.03 Å². The first-order valence-corrected chi connectivity index (χ1v) is 8.95.